The van der Waals surface area contributed by atoms with E-state index < -0.39 is 0 Å². The molecule has 3 atom stereocenters. The molecule has 2 N–H and O–H groups in total. The molecule has 0 aromatic heterocycles. The molecular weight excluding hydrogens is 326 g/mol. The number of piperidine rings is 1. The molecule has 2 aliphatic heterocycles. The van der Waals surface area contributed by atoms with E-state index in [2.05, 4.69) is 10.6 Å². The number of nitrogens with one attached hydrogen (secondary N) is 2. The van der Waals surface area contributed by atoms with Crippen molar-refractivity contribution in [3.05, 3.63) is 0 Å². The van der Waals surface area contributed by atoms with Crippen LogP contribution in [0.3, 0.4) is 0 Å². The number of rotatable bonds is 4. The lowest BCUT2D eigenvalue weighted by Crippen LogP contribution is -2.46. The van der Waals surface area contributed by atoms with Crippen molar-refractivity contribution >= 4 is 24.2 Å². The number of carbonyl (C=O) groups is 2. The maximum Gasteiger partial charge on any atom is 0.226 e. The molecule has 0 aromatic carbocycles. The van der Waals surface area contributed by atoms with E-state index in [0.717, 1.165) is 71.2 Å². The van der Waals surface area contributed by atoms with Gasteiger partial charge < -0.3 is 15.5 Å². The third-order valence-corrected chi connectivity index (χ3v) is 5.80. The van der Waals surface area contributed by atoms with Gasteiger partial charge in [-0.3, -0.25) is 9.59 Å². The van der Waals surface area contributed by atoms with Crippen LogP contribution in [0.1, 0.15) is 51.4 Å². The first-order valence-electron chi connectivity index (χ1n) is 9.53. The van der Waals surface area contributed by atoms with Crippen molar-refractivity contribution in [3.63, 3.8) is 0 Å². The van der Waals surface area contributed by atoms with Gasteiger partial charge in [-0.05, 0) is 57.5 Å². The van der Waals surface area contributed by atoms with Gasteiger partial charge in [0.05, 0.1) is 0 Å². The smallest absolute Gasteiger partial charge is 0.226 e. The summed E-state index contributed by atoms with van der Waals surface area (Å²) in [5.41, 5.74) is 0. The van der Waals surface area contributed by atoms with Crippen LogP contribution in [0.15, 0.2) is 0 Å². The molecule has 1 saturated carbocycles. The average molecular weight is 358 g/mol. The monoisotopic (exact) mass is 357 g/mol. The second-order valence-corrected chi connectivity index (χ2v) is 7.49. The summed E-state index contributed by atoms with van der Waals surface area (Å²) in [6, 6.07) is 0. The topological polar surface area (TPSA) is 61.4 Å². The van der Waals surface area contributed by atoms with Gasteiger partial charge in [0.25, 0.3) is 0 Å². The molecule has 1 aliphatic carbocycles. The molecule has 6 heteroatoms. The van der Waals surface area contributed by atoms with Crippen LogP contribution >= 0.6 is 12.4 Å². The summed E-state index contributed by atoms with van der Waals surface area (Å²) >= 11 is 0. The minimum atomic E-state index is -0.103. The number of hydrogen-bond donors (Lipinski definition) is 2. The highest BCUT2D eigenvalue weighted by molar-refractivity contribution is 5.88. The lowest BCUT2D eigenvalue weighted by Gasteiger charge is -2.33. The van der Waals surface area contributed by atoms with Crippen molar-refractivity contribution in [2.75, 3.05) is 32.7 Å². The summed E-state index contributed by atoms with van der Waals surface area (Å²) in [6.07, 6.45) is 8.53. The lowest BCUT2D eigenvalue weighted by atomic mass is 9.77. The van der Waals surface area contributed by atoms with Crippen molar-refractivity contribution < 1.29 is 9.59 Å². The van der Waals surface area contributed by atoms with E-state index >= 15 is 0 Å². The quantitative estimate of drug-likeness (QED) is 0.808. The van der Waals surface area contributed by atoms with Gasteiger partial charge in [0.2, 0.25) is 11.8 Å². The standard InChI is InChI=1S/C18H31N3O2.ClH/c22-17(20-13-14-6-5-9-19-12-14)15-7-1-2-8-16(15)18(23)21-10-3-4-11-21;/h14-16,19H,1-13H2,(H,20,22);1H. The Morgan fingerprint density at radius 1 is 0.958 bits per heavy atom. The molecule has 3 fully saturated rings. The zero-order valence-corrected chi connectivity index (χ0v) is 15.4. The van der Waals surface area contributed by atoms with E-state index in [1.165, 1.54) is 12.8 Å². The predicted molar refractivity (Wildman–Crippen MR) is 97.1 cm³/mol. The number of hydrogen-bond acceptors (Lipinski definition) is 3. The average Bonchev–Trinajstić information content (AvgIpc) is 3.14. The molecule has 0 bridgehead atoms. The third kappa shape index (κ3) is 4.85. The number of nitrogens with zero attached hydrogens (tertiary/aromatic N) is 1. The Morgan fingerprint density at radius 2 is 1.67 bits per heavy atom. The minimum Gasteiger partial charge on any atom is -0.356 e. The normalized spacial score (nSPS) is 30.5. The molecular formula is C18H32ClN3O2. The van der Waals surface area contributed by atoms with Crippen molar-refractivity contribution in [3.8, 4) is 0 Å². The van der Waals surface area contributed by atoms with Crippen molar-refractivity contribution in [2.45, 2.75) is 51.4 Å². The number of likely N-dealkylation sites (tertiary alicyclic amines) is 1. The highest BCUT2D eigenvalue weighted by atomic mass is 35.5. The maximum atomic E-state index is 12.8. The zero-order valence-electron chi connectivity index (χ0n) is 14.6. The van der Waals surface area contributed by atoms with Gasteiger partial charge in [0, 0.05) is 31.5 Å². The van der Waals surface area contributed by atoms with Crippen molar-refractivity contribution in [1.82, 2.24) is 15.5 Å². The number of carbonyl (C=O) groups excluding carboxylic acids is 2. The zero-order chi connectivity index (χ0) is 16.1. The molecule has 0 aromatic rings. The Labute approximate surface area is 151 Å². The lowest BCUT2D eigenvalue weighted by molar-refractivity contribution is -0.142. The molecule has 5 nitrogen and oxygen atoms in total. The Morgan fingerprint density at radius 3 is 2.33 bits per heavy atom. The van der Waals surface area contributed by atoms with Crippen LogP contribution < -0.4 is 10.6 Å². The van der Waals surface area contributed by atoms with Gasteiger partial charge in [-0.15, -0.1) is 12.4 Å². The van der Waals surface area contributed by atoms with Crippen LogP contribution in [0.5, 0.6) is 0 Å². The summed E-state index contributed by atoms with van der Waals surface area (Å²) < 4.78 is 0. The second-order valence-electron chi connectivity index (χ2n) is 7.49. The number of halogens is 1. The maximum absolute atomic E-state index is 12.8. The molecule has 3 unspecified atom stereocenters. The minimum absolute atomic E-state index is 0. The Hall–Kier alpha value is -0.810. The first-order valence-corrected chi connectivity index (χ1v) is 9.53. The third-order valence-electron chi connectivity index (χ3n) is 5.80. The SMILES string of the molecule is Cl.O=C(NCC1CCCNC1)C1CCCCC1C(=O)N1CCCC1. The molecule has 0 spiro atoms. The van der Waals surface area contributed by atoms with Crippen LogP contribution in [0.2, 0.25) is 0 Å². The van der Waals surface area contributed by atoms with Crippen LogP contribution in [-0.4, -0.2) is 49.4 Å². The van der Waals surface area contributed by atoms with Crippen LogP contribution in [0.25, 0.3) is 0 Å². The first-order chi connectivity index (χ1) is 11.3. The first kappa shape index (κ1) is 19.5. The van der Waals surface area contributed by atoms with E-state index in [1.807, 2.05) is 4.90 Å². The Balaban J connectivity index is 0.00000208. The van der Waals surface area contributed by atoms with Gasteiger partial charge in [-0.1, -0.05) is 12.8 Å². The molecule has 2 saturated heterocycles. The van der Waals surface area contributed by atoms with Gasteiger partial charge in [0.15, 0.2) is 0 Å². The summed E-state index contributed by atoms with van der Waals surface area (Å²) in [5, 5.41) is 6.54. The predicted octanol–water partition coefficient (Wildman–Crippen LogP) is 1.95. The summed E-state index contributed by atoms with van der Waals surface area (Å²) in [6.45, 7) is 4.63. The molecule has 0 radical (unpaired) electrons. The van der Waals surface area contributed by atoms with Crippen LogP contribution in [0, 0.1) is 17.8 Å². The van der Waals surface area contributed by atoms with Crippen LogP contribution in [-0.2, 0) is 9.59 Å². The molecule has 3 rings (SSSR count). The van der Waals surface area contributed by atoms with Gasteiger partial charge in [0.1, 0.15) is 0 Å². The molecule has 2 heterocycles. The summed E-state index contributed by atoms with van der Waals surface area (Å²) in [7, 11) is 0. The van der Waals surface area contributed by atoms with E-state index in [4.69, 9.17) is 0 Å². The van der Waals surface area contributed by atoms with Crippen LogP contribution in [0.4, 0.5) is 0 Å². The molecule has 138 valence electrons. The fourth-order valence-corrected chi connectivity index (χ4v) is 4.39. The largest absolute Gasteiger partial charge is 0.356 e. The molecule has 2 amide bonds. The van der Waals surface area contributed by atoms with Gasteiger partial charge in [-0.25, -0.2) is 0 Å². The van der Waals surface area contributed by atoms with Gasteiger partial charge in [-0.2, -0.15) is 0 Å². The van der Waals surface area contributed by atoms with Crippen molar-refractivity contribution in [2.24, 2.45) is 17.8 Å². The fourth-order valence-electron chi connectivity index (χ4n) is 4.39. The highest BCUT2D eigenvalue weighted by Gasteiger charge is 2.38. The van der Waals surface area contributed by atoms with E-state index in [0.29, 0.717) is 5.92 Å². The number of amides is 2. The van der Waals surface area contributed by atoms with E-state index in [9.17, 15) is 9.59 Å². The Bertz CT molecular complexity index is 420. The van der Waals surface area contributed by atoms with E-state index in [-0.39, 0.29) is 36.1 Å². The fraction of sp³-hybridized carbons (Fsp3) is 0.889. The van der Waals surface area contributed by atoms with Crippen molar-refractivity contribution in [1.29, 1.82) is 0 Å². The second kappa shape index (κ2) is 9.62. The van der Waals surface area contributed by atoms with Gasteiger partial charge >= 0.3 is 0 Å². The molecule has 3 aliphatic rings. The Kier molecular flexibility index (Phi) is 7.82. The summed E-state index contributed by atoms with van der Waals surface area (Å²) in [5.74, 6) is 0.721. The molecule has 24 heavy (non-hydrogen) atoms. The summed E-state index contributed by atoms with van der Waals surface area (Å²) in [4.78, 5) is 27.4. The highest BCUT2D eigenvalue weighted by Crippen LogP contribution is 2.32. The van der Waals surface area contributed by atoms with E-state index in [1.54, 1.807) is 0 Å².